The van der Waals surface area contributed by atoms with E-state index in [2.05, 4.69) is 135 Å². The molecule has 0 bridgehead atoms. The van der Waals surface area contributed by atoms with Gasteiger partial charge in [0.1, 0.15) is 0 Å². The monoisotopic (exact) mass is 534 g/mol. The maximum atomic E-state index is 5.36. The van der Waals surface area contributed by atoms with Gasteiger partial charge in [-0.2, -0.15) is 0 Å². The van der Waals surface area contributed by atoms with Crippen LogP contribution in [0.1, 0.15) is 16.7 Å². The molecular weight excluding hydrogens is 496 g/mol. The van der Waals surface area contributed by atoms with E-state index in [0.717, 1.165) is 17.1 Å². The van der Waals surface area contributed by atoms with Crippen LogP contribution in [0.3, 0.4) is 0 Å². The number of nitrogen functional groups attached to an aromatic ring is 1. The van der Waals surface area contributed by atoms with E-state index in [-0.39, 0.29) is 0 Å². The van der Waals surface area contributed by atoms with E-state index in [4.69, 9.17) is 5.73 Å². The lowest BCUT2D eigenvalue weighted by atomic mass is 10.0. The molecule has 0 fully saturated rings. The molecule has 0 heterocycles. The van der Waals surface area contributed by atoms with Crippen LogP contribution in [0.5, 0.6) is 0 Å². The van der Waals surface area contributed by atoms with Crippen molar-refractivity contribution in [2.24, 2.45) is 0 Å². The van der Waals surface area contributed by atoms with Crippen molar-refractivity contribution in [1.29, 1.82) is 0 Å². The van der Waals surface area contributed by atoms with E-state index in [1.54, 1.807) is 0 Å². The Labute approximate surface area is 245 Å². The maximum absolute atomic E-state index is 5.36. The summed E-state index contributed by atoms with van der Waals surface area (Å²) in [5, 5.41) is 3.39. The largest absolute Gasteiger partial charge is 0.399 e. The highest BCUT2D eigenvalue weighted by atomic mass is 14.9. The summed E-state index contributed by atoms with van der Waals surface area (Å²) >= 11 is 0. The molecule has 0 atom stereocenters. The van der Waals surface area contributed by atoms with E-state index in [1.807, 2.05) is 48.5 Å². The Morgan fingerprint density at radius 1 is 0.341 bits per heavy atom. The summed E-state index contributed by atoms with van der Waals surface area (Å²) in [7, 11) is 0. The fraction of sp³-hybridized carbons (Fsp3) is 0.0769. The topological polar surface area (TPSA) is 38.0 Å². The molecule has 6 rings (SSSR count). The number of para-hydroxylation sites is 2. The molecule has 2 heteroatoms. The zero-order valence-corrected chi connectivity index (χ0v) is 24.1. The lowest BCUT2D eigenvalue weighted by Crippen LogP contribution is -1.89. The second-order valence-corrected chi connectivity index (χ2v) is 10.1. The van der Waals surface area contributed by atoms with E-state index in [1.165, 1.54) is 38.9 Å². The zero-order chi connectivity index (χ0) is 28.9. The van der Waals surface area contributed by atoms with Gasteiger partial charge in [-0.3, -0.25) is 0 Å². The smallest absolute Gasteiger partial charge is 0.0384 e. The standard InChI is InChI=1S/C19H17N.C14H14.C6H7N/c1-15-7-9-16(10-8-15)17-11-13-19(14-12-17)20-18-5-3-2-4-6-18;1-11-3-7-13(8-4-11)14-9-5-12(2)6-10-14;7-6-4-2-1-3-5-6/h2-14,20H,1H3;3-10H,1-2H3;1-5H,7H2. The van der Waals surface area contributed by atoms with Crippen LogP contribution in [0, 0.1) is 20.8 Å². The van der Waals surface area contributed by atoms with Gasteiger partial charge in [0, 0.05) is 17.1 Å². The lowest BCUT2D eigenvalue weighted by molar-refractivity contribution is 1.45. The number of nitrogens with two attached hydrogens (primary N) is 1. The molecule has 0 saturated heterocycles. The van der Waals surface area contributed by atoms with Gasteiger partial charge < -0.3 is 11.1 Å². The number of anilines is 3. The third-order valence-electron chi connectivity index (χ3n) is 6.57. The van der Waals surface area contributed by atoms with Crippen molar-refractivity contribution < 1.29 is 0 Å². The third-order valence-corrected chi connectivity index (χ3v) is 6.57. The minimum absolute atomic E-state index is 0.822. The molecule has 0 saturated carbocycles. The molecule has 0 spiro atoms. The van der Waals surface area contributed by atoms with Gasteiger partial charge in [0.15, 0.2) is 0 Å². The molecule has 6 aromatic rings. The van der Waals surface area contributed by atoms with Crippen molar-refractivity contribution in [3.63, 3.8) is 0 Å². The van der Waals surface area contributed by atoms with Gasteiger partial charge in [-0.15, -0.1) is 0 Å². The summed E-state index contributed by atoms with van der Waals surface area (Å²) < 4.78 is 0. The Balaban J connectivity index is 0.000000159. The zero-order valence-electron chi connectivity index (χ0n) is 24.1. The van der Waals surface area contributed by atoms with E-state index in [9.17, 15) is 0 Å². The van der Waals surface area contributed by atoms with Crippen molar-refractivity contribution in [2.75, 3.05) is 11.1 Å². The van der Waals surface area contributed by atoms with Gasteiger partial charge in [0.25, 0.3) is 0 Å². The van der Waals surface area contributed by atoms with Crippen LogP contribution in [-0.4, -0.2) is 0 Å². The molecule has 0 aliphatic carbocycles. The van der Waals surface area contributed by atoms with Gasteiger partial charge in [-0.1, -0.05) is 138 Å². The fourth-order valence-electron chi connectivity index (χ4n) is 4.13. The first-order valence-corrected chi connectivity index (χ1v) is 13.9. The van der Waals surface area contributed by atoms with Gasteiger partial charge in [0.05, 0.1) is 0 Å². The minimum Gasteiger partial charge on any atom is -0.399 e. The molecule has 0 radical (unpaired) electrons. The van der Waals surface area contributed by atoms with Crippen LogP contribution in [0.15, 0.2) is 158 Å². The first-order valence-electron chi connectivity index (χ1n) is 13.9. The quantitative estimate of drug-likeness (QED) is 0.221. The molecule has 204 valence electrons. The van der Waals surface area contributed by atoms with Gasteiger partial charge in [0.2, 0.25) is 0 Å². The molecule has 0 unspecified atom stereocenters. The van der Waals surface area contributed by atoms with Crippen molar-refractivity contribution in [3.8, 4) is 22.3 Å². The number of benzene rings is 6. The average molecular weight is 535 g/mol. The second-order valence-electron chi connectivity index (χ2n) is 10.1. The number of hydrogen-bond donors (Lipinski definition) is 2. The van der Waals surface area contributed by atoms with Crippen LogP contribution in [0.4, 0.5) is 17.1 Å². The number of nitrogens with one attached hydrogen (secondary N) is 1. The number of hydrogen-bond acceptors (Lipinski definition) is 2. The van der Waals surface area contributed by atoms with Crippen LogP contribution >= 0.6 is 0 Å². The Morgan fingerprint density at radius 2 is 0.634 bits per heavy atom. The molecule has 0 aliphatic heterocycles. The van der Waals surface area contributed by atoms with Crippen LogP contribution in [0.2, 0.25) is 0 Å². The van der Waals surface area contributed by atoms with Gasteiger partial charge in [-0.05, 0) is 79.4 Å². The van der Waals surface area contributed by atoms with E-state index in [0.29, 0.717) is 0 Å². The summed E-state index contributed by atoms with van der Waals surface area (Å²) in [6, 6.07) is 54.1. The molecule has 0 aromatic heterocycles. The fourth-order valence-corrected chi connectivity index (χ4v) is 4.13. The number of rotatable bonds is 4. The van der Waals surface area contributed by atoms with Crippen LogP contribution in [-0.2, 0) is 0 Å². The van der Waals surface area contributed by atoms with E-state index < -0.39 is 0 Å². The Bertz CT molecular complexity index is 1530. The second kappa shape index (κ2) is 14.9. The summed E-state index contributed by atoms with van der Waals surface area (Å²) in [5.41, 5.74) is 17.4. The predicted octanol–water partition coefficient (Wildman–Crippen LogP) is 10.6. The molecule has 0 amide bonds. The highest BCUT2D eigenvalue weighted by Crippen LogP contribution is 2.24. The van der Waals surface area contributed by atoms with Gasteiger partial charge >= 0.3 is 0 Å². The molecule has 0 aliphatic rings. The molecule has 2 nitrogen and oxygen atoms in total. The maximum Gasteiger partial charge on any atom is 0.0384 e. The molecule has 3 N–H and O–H groups in total. The number of aryl methyl sites for hydroxylation is 3. The molecule has 6 aromatic carbocycles. The predicted molar refractivity (Wildman–Crippen MR) is 179 cm³/mol. The molecule has 41 heavy (non-hydrogen) atoms. The third kappa shape index (κ3) is 9.56. The van der Waals surface area contributed by atoms with Crippen molar-refractivity contribution in [3.05, 3.63) is 174 Å². The lowest BCUT2D eigenvalue weighted by Gasteiger charge is -2.08. The van der Waals surface area contributed by atoms with Crippen molar-refractivity contribution in [2.45, 2.75) is 20.8 Å². The van der Waals surface area contributed by atoms with Crippen LogP contribution < -0.4 is 11.1 Å². The summed E-state index contributed by atoms with van der Waals surface area (Å²) in [6.07, 6.45) is 0. The summed E-state index contributed by atoms with van der Waals surface area (Å²) in [6.45, 7) is 6.33. The van der Waals surface area contributed by atoms with E-state index >= 15 is 0 Å². The summed E-state index contributed by atoms with van der Waals surface area (Å²) in [5.74, 6) is 0. The van der Waals surface area contributed by atoms with Gasteiger partial charge in [-0.25, -0.2) is 0 Å². The first-order chi connectivity index (χ1) is 20.0. The van der Waals surface area contributed by atoms with Crippen molar-refractivity contribution in [1.82, 2.24) is 0 Å². The molecular formula is C39H38N2. The van der Waals surface area contributed by atoms with Crippen molar-refractivity contribution >= 4 is 17.1 Å². The normalized spacial score (nSPS) is 9.93. The Hall–Kier alpha value is -5.08. The Kier molecular flexibility index (Phi) is 10.5. The highest BCUT2D eigenvalue weighted by molar-refractivity contribution is 5.68. The SMILES string of the molecule is Cc1ccc(-c2ccc(C)cc2)cc1.Cc1ccc(-c2ccc(Nc3ccccc3)cc2)cc1.Nc1ccccc1. The van der Waals surface area contributed by atoms with Crippen LogP contribution in [0.25, 0.3) is 22.3 Å². The summed E-state index contributed by atoms with van der Waals surface area (Å²) in [4.78, 5) is 0. The minimum atomic E-state index is 0.822. The highest BCUT2D eigenvalue weighted by Gasteiger charge is 1.99. The first kappa shape index (κ1) is 28.9. The Morgan fingerprint density at radius 3 is 0.951 bits per heavy atom. The average Bonchev–Trinajstić information content (AvgIpc) is 3.01.